The molecule has 1 heterocycles. The maximum absolute atomic E-state index is 13.8. The SMILES string of the molecule is CCn1ncc(Cl)c1C(NN)c1ccc(OC)c(F)c1. The van der Waals surface area contributed by atoms with Gasteiger partial charge in [-0.2, -0.15) is 5.10 Å². The highest BCUT2D eigenvalue weighted by Crippen LogP contribution is 2.30. The van der Waals surface area contributed by atoms with Crippen molar-refractivity contribution in [2.45, 2.75) is 19.5 Å². The molecule has 2 rings (SSSR count). The van der Waals surface area contributed by atoms with E-state index < -0.39 is 11.9 Å². The summed E-state index contributed by atoms with van der Waals surface area (Å²) in [6.45, 7) is 2.58. The first kappa shape index (κ1) is 14.8. The number of hydrogen-bond acceptors (Lipinski definition) is 4. The average molecular weight is 299 g/mol. The molecule has 0 saturated carbocycles. The highest BCUT2D eigenvalue weighted by molar-refractivity contribution is 6.31. The third kappa shape index (κ3) is 2.63. The Kier molecular flexibility index (Phi) is 4.59. The van der Waals surface area contributed by atoms with Crippen LogP contribution in [0.4, 0.5) is 4.39 Å². The Labute approximate surface area is 121 Å². The fourth-order valence-electron chi connectivity index (χ4n) is 2.11. The van der Waals surface area contributed by atoms with Crippen molar-refractivity contribution in [3.05, 3.63) is 46.5 Å². The van der Waals surface area contributed by atoms with Crippen molar-refractivity contribution >= 4 is 11.6 Å². The number of methoxy groups -OCH3 is 1. The summed E-state index contributed by atoms with van der Waals surface area (Å²) in [6, 6.07) is 4.20. The monoisotopic (exact) mass is 298 g/mol. The van der Waals surface area contributed by atoms with Gasteiger partial charge in [0.25, 0.3) is 0 Å². The lowest BCUT2D eigenvalue weighted by atomic mass is 10.0. The second kappa shape index (κ2) is 6.21. The van der Waals surface area contributed by atoms with Gasteiger partial charge in [0.05, 0.1) is 30.1 Å². The highest BCUT2D eigenvalue weighted by atomic mass is 35.5. The molecule has 2 aromatic rings. The molecular weight excluding hydrogens is 283 g/mol. The van der Waals surface area contributed by atoms with Crippen LogP contribution < -0.4 is 16.0 Å². The van der Waals surface area contributed by atoms with Crippen LogP contribution in [0.5, 0.6) is 5.75 Å². The minimum Gasteiger partial charge on any atom is -0.494 e. The number of nitrogens with one attached hydrogen (secondary N) is 1. The molecule has 0 radical (unpaired) electrons. The van der Waals surface area contributed by atoms with Gasteiger partial charge in [0.1, 0.15) is 0 Å². The first-order valence-electron chi connectivity index (χ1n) is 6.13. The molecular formula is C13H16ClFN4O. The van der Waals surface area contributed by atoms with Gasteiger partial charge in [-0.1, -0.05) is 17.7 Å². The Hall–Kier alpha value is -1.63. The number of hydrazine groups is 1. The van der Waals surface area contributed by atoms with Crippen molar-refractivity contribution in [2.75, 3.05) is 7.11 Å². The van der Waals surface area contributed by atoms with Gasteiger partial charge in [-0.15, -0.1) is 0 Å². The summed E-state index contributed by atoms with van der Waals surface area (Å²) < 4.78 is 20.4. The predicted octanol–water partition coefficient (Wildman–Crippen LogP) is 2.26. The Bertz CT molecular complexity index is 602. The van der Waals surface area contributed by atoms with E-state index in [9.17, 15) is 4.39 Å². The van der Waals surface area contributed by atoms with Crippen molar-refractivity contribution in [3.8, 4) is 5.75 Å². The molecule has 1 aromatic carbocycles. The van der Waals surface area contributed by atoms with Gasteiger partial charge in [-0.05, 0) is 24.6 Å². The molecule has 5 nitrogen and oxygen atoms in total. The van der Waals surface area contributed by atoms with E-state index in [0.717, 1.165) is 0 Å². The zero-order valence-electron chi connectivity index (χ0n) is 11.2. The Morgan fingerprint density at radius 1 is 1.55 bits per heavy atom. The van der Waals surface area contributed by atoms with Crippen LogP contribution in [0.1, 0.15) is 24.2 Å². The number of halogens is 2. The van der Waals surface area contributed by atoms with E-state index in [1.807, 2.05) is 6.92 Å². The van der Waals surface area contributed by atoms with Gasteiger partial charge >= 0.3 is 0 Å². The zero-order chi connectivity index (χ0) is 14.7. The van der Waals surface area contributed by atoms with Crippen LogP contribution in [0.25, 0.3) is 0 Å². The van der Waals surface area contributed by atoms with Gasteiger partial charge in [0.2, 0.25) is 0 Å². The molecule has 0 aliphatic heterocycles. The summed E-state index contributed by atoms with van der Waals surface area (Å²) in [4.78, 5) is 0. The molecule has 0 saturated heterocycles. The van der Waals surface area contributed by atoms with E-state index in [-0.39, 0.29) is 5.75 Å². The van der Waals surface area contributed by atoms with Gasteiger partial charge in [0, 0.05) is 6.54 Å². The van der Waals surface area contributed by atoms with E-state index in [2.05, 4.69) is 10.5 Å². The first-order valence-corrected chi connectivity index (χ1v) is 6.50. The Balaban J connectivity index is 2.47. The second-order valence-electron chi connectivity index (χ2n) is 4.19. The van der Waals surface area contributed by atoms with Crippen molar-refractivity contribution in [2.24, 2.45) is 5.84 Å². The van der Waals surface area contributed by atoms with Crippen LogP contribution in [0.15, 0.2) is 24.4 Å². The lowest BCUT2D eigenvalue weighted by molar-refractivity contribution is 0.385. The molecule has 20 heavy (non-hydrogen) atoms. The standard InChI is InChI=1S/C13H16ClFN4O/c1-3-19-13(9(14)7-17-19)12(18-16)8-4-5-11(20-2)10(15)6-8/h4-7,12,18H,3,16H2,1-2H3. The lowest BCUT2D eigenvalue weighted by Gasteiger charge is -2.19. The van der Waals surface area contributed by atoms with Crippen LogP contribution in [0.3, 0.4) is 0 Å². The number of hydrogen-bond donors (Lipinski definition) is 2. The summed E-state index contributed by atoms with van der Waals surface area (Å²) in [6.07, 6.45) is 1.55. The minimum atomic E-state index is -0.455. The van der Waals surface area contributed by atoms with Crippen molar-refractivity contribution in [3.63, 3.8) is 0 Å². The summed E-state index contributed by atoms with van der Waals surface area (Å²) in [5.74, 6) is 5.33. The fourth-order valence-corrected chi connectivity index (χ4v) is 2.36. The van der Waals surface area contributed by atoms with Gasteiger partial charge in [0.15, 0.2) is 11.6 Å². The van der Waals surface area contributed by atoms with Crippen molar-refractivity contribution in [1.29, 1.82) is 0 Å². The smallest absolute Gasteiger partial charge is 0.165 e. The van der Waals surface area contributed by atoms with Gasteiger partial charge in [-0.3, -0.25) is 10.5 Å². The largest absolute Gasteiger partial charge is 0.494 e. The maximum Gasteiger partial charge on any atom is 0.165 e. The fraction of sp³-hybridized carbons (Fsp3) is 0.308. The lowest BCUT2D eigenvalue weighted by Crippen LogP contribution is -2.31. The minimum absolute atomic E-state index is 0.180. The molecule has 108 valence electrons. The second-order valence-corrected chi connectivity index (χ2v) is 4.59. The average Bonchev–Trinajstić information content (AvgIpc) is 2.81. The molecule has 1 unspecified atom stereocenters. The summed E-state index contributed by atoms with van der Waals surface area (Å²) >= 11 is 6.15. The number of nitrogens with zero attached hydrogens (tertiary/aromatic N) is 2. The molecule has 0 aliphatic rings. The third-order valence-electron chi connectivity index (χ3n) is 3.08. The van der Waals surface area contributed by atoms with E-state index in [1.54, 1.807) is 23.0 Å². The van der Waals surface area contributed by atoms with E-state index >= 15 is 0 Å². The molecule has 7 heteroatoms. The highest BCUT2D eigenvalue weighted by Gasteiger charge is 2.21. The Morgan fingerprint density at radius 3 is 2.85 bits per heavy atom. The molecule has 3 N–H and O–H groups in total. The topological polar surface area (TPSA) is 65.1 Å². The number of ether oxygens (including phenoxy) is 1. The quantitative estimate of drug-likeness (QED) is 0.656. The number of aryl methyl sites for hydroxylation is 1. The van der Waals surface area contributed by atoms with E-state index in [4.69, 9.17) is 22.2 Å². The van der Waals surface area contributed by atoms with E-state index in [0.29, 0.717) is 22.8 Å². The number of aromatic nitrogens is 2. The first-order chi connectivity index (χ1) is 9.62. The number of rotatable bonds is 5. The molecule has 0 bridgehead atoms. The normalized spacial score (nSPS) is 12.4. The van der Waals surface area contributed by atoms with Crippen molar-refractivity contribution in [1.82, 2.24) is 15.2 Å². The number of benzene rings is 1. The predicted molar refractivity (Wildman–Crippen MR) is 75.0 cm³/mol. The van der Waals surface area contributed by atoms with Gasteiger partial charge in [-0.25, -0.2) is 9.82 Å². The molecule has 1 atom stereocenters. The van der Waals surface area contributed by atoms with Gasteiger partial charge < -0.3 is 4.74 Å². The summed E-state index contributed by atoms with van der Waals surface area (Å²) in [5.41, 5.74) is 3.99. The molecule has 1 aromatic heterocycles. The summed E-state index contributed by atoms with van der Waals surface area (Å²) in [5, 5.41) is 4.63. The van der Waals surface area contributed by atoms with Crippen LogP contribution in [0.2, 0.25) is 5.02 Å². The molecule has 0 spiro atoms. The third-order valence-corrected chi connectivity index (χ3v) is 3.37. The van der Waals surface area contributed by atoms with E-state index in [1.165, 1.54) is 13.2 Å². The van der Waals surface area contributed by atoms with Crippen LogP contribution >= 0.6 is 11.6 Å². The maximum atomic E-state index is 13.8. The summed E-state index contributed by atoms with van der Waals surface area (Å²) in [7, 11) is 1.42. The van der Waals surface area contributed by atoms with Crippen LogP contribution in [-0.2, 0) is 6.54 Å². The molecule has 0 fully saturated rings. The Morgan fingerprint density at radius 2 is 2.30 bits per heavy atom. The van der Waals surface area contributed by atoms with Crippen molar-refractivity contribution < 1.29 is 9.13 Å². The molecule has 0 aliphatic carbocycles. The zero-order valence-corrected chi connectivity index (χ0v) is 12.0. The number of nitrogens with two attached hydrogens (primary N) is 1. The van der Waals surface area contributed by atoms with Crippen LogP contribution in [-0.4, -0.2) is 16.9 Å². The van der Waals surface area contributed by atoms with Crippen LogP contribution in [0, 0.1) is 5.82 Å². The molecule has 0 amide bonds.